The fraction of sp³-hybridized carbons (Fsp3) is 0.368. The van der Waals surface area contributed by atoms with Crippen LogP contribution in [0.15, 0.2) is 42.6 Å². The molecular formula is C19H24N4O3S. The summed E-state index contributed by atoms with van der Waals surface area (Å²) in [6, 6.07) is 9.10. The summed E-state index contributed by atoms with van der Waals surface area (Å²) in [6.45, 7) is 4.62. The lowest BCUT2D eigenvalue weighted by atomic mass is 10.2. The van der Waals surface area contributed by atoms with Gasteiger partial charge < -0.3 is 5.32 Å². The zero-order valence-electron chi connectivity index (χ0n) is 15.5. The molecular weight excluding hydrogens is 364 g/mol. The molecule has 0 bridgehead atoms. The van der Waals surface area contributed by atoms with E-state index in [1.54, 1.807) is 47.3 Å². The van der Waals surface area contributed by atoms with Gasteiger partial charge >= 0.3 is 0 Å². The maximum Gasteiger partial charge on any atom is 0.249 e. The summed E-state index contributed by atoms with van der Waals surface area (Å²) in [5, 5.41) is 7.07. The maximum absolute atomic E-state index is 12.2. The predicted octanol–water partition coefficient (Wildman–Crippen LogP) is 3.05. The van der Waals surface area contributed by atoms with Gasteiger partial charge in [0, 0.05) is 18.7 Å². The van der Waals surface area contributed by atoms with Gasteiger partial charge in [-0.05, 0) is 43.5 Å². The van der Waals surface area contributed by atoms with Crippen LogP contribution in [0.5, 0.6) is 0 Å². The number of nitrogens with zero attached hydrogens (tertiary/aromatic N) is 3. The lowest BCUT2D eigenvalue weighted by Crippen LogP contribution is -2.24. The number of anilines is 2. The van der Waals surface area contributed by atoms with Crippen molar-refractivity contribution in [2.75, 3.05) is 21.9 Å². The van der Waals surface area contributed by atoms with Crippen LogP contribution in [0.3, 0.4) is 0 Å². The summed E-state index contributed by atoms with van der Waals surface area (Å²) in [6.07, 6.45) is 6.38. The molecule has 1 aliphatic heterocycles. The minimum Gasteiger partial charge on any atom is -0.307 e. The highest BCUT2D eigenvalue weighted by Crippen LogP contribution is 2.24. The lowest BCUT2D eigenvalue weighted by molar-refractivity contribution is -0.111. The fourth-order valence-corrected chi connectivity index (χ4v) is 4.52. The Labute approximate surface area is 159 Å². The van der Waals surface area contributed by atoms with Crippen LogP contribution in [0.25, 0.3) is 6.08 Å². The molecule has 1 unspecified atom stereocenters. The van der Waals surface area contributed by atoms with Crippen molar-refractivity contribution in [1.82, 2.24) is 9.78 Å². The zero-order chi connectivity index (χ0) is 19.4. The largest absolute Gasteiger partial charge is 0.307 e. The van der Waals surface area contributed by atoms with Gasteiger partial charge in [0.15, 0.2) is 0 Å². The first kappa shape index (κ1) is 19.2. The molecule has 2 aromatic rings. The SMILES string of the molecule is CCC(C)n1nccc1NC(=O)/C=C/c1ccc(N2CCCS2(=O)=O)cc1. The van der Waals surface area contributed by atoms with Crippen LogP contribution < -0.4 is 9.62 Å². The Morgan fingerprint density at radius 1 is 1.30 bits per heavy atom. The molecule has 3 rings (SSSR count). The van der Waals surface area contributed by atoms with Crippen LogP contribution >= 0.6 is 0 Å². The van der Waals surface area contributed by atoms with Gasteiger partial charge in [-0.3, -0.25) is 9.10 Å². The molecule has 1 aromatic heterocycles. The molecule has 2 heterocycles. The number of hydrogen-bond donors (Lipinski definition) is 1. The number of hydrogen-bond acceptors (Lipinski definition) is 4. The summed E-state index contributed by atoms with van der Waals surface area (Å²) in [5.74, 6) is 0.613. The van der Waals surface area contributed by atoms with E-state index >= 15 is 0 Å². The van der Waals surface area contributed by atoms with E-state index in [4.69, 9.17) is 0 Å². The van der Waals surface area contributed by atoms with Crippen molar-refractivity contribution < 1.29 is 13.2 Å². The molecule has 0 radical (unpaired) electrons. The van der Waals surface area contributed by atoms with E-state index in [1.165, 1.54) is 10.4 Å². The van der Waals surface area contributed by atoms with Crippen molar-refractivity contribution >= 4 is 33.5 Å². The summed E-state index contributed by atoms with van der Waals surface area (Å²) in [5.41, 5.74) is 1.48. The Balaban J connectivity index is 1.64. The Morgan fingerprint density at radius 3 is 2.67 bits per heavy atom. The molecule has 8 heteroatoms. The number of carbonyl (C=O) groups excluding carboxylic acids is 1. The van der Waals surface area contributed by atoms with Crippen molar-refractivity contribution in [2.24, 2.45) is 0 Å². The highest BCUT2D eigenvalue weighted by molar-refractivity contribution is 7.93. The van der Waals surface area contributed by atoms with E-state index in [0.717, 1.165) is 12.0 Å². The van der Waals surface area contributed by atoms with Crippen LogP contribution in [0.1, 0.15) is 38.3 Å². The Hall–Kier alpha value is -2.61. The van der Waals surface area contributed by atoms with Crippen molar-refractivity contribution in [3.8, 4) is 0 Å². The summed E-state index contributed by atoms with van der Waals surface area (Å²) >= 11 is 0. The van der Waals surface area contributed by atoms with Crippen LogP contribution in [0, 0.1) is 0 Å². The number of nitrogens with one attached hydrogen (secondary N) is 1. The third-order valence-electron chi connectivity index (χ3n) is 4.64. The third-order valence-corrected chi connectivity index (χ3v) is 6.51. The second-order valence-corrected chi connectivity index (χ2v) is 8.59. The van der Waals surface area contributed by atoms with Crippen LogP contribution in [-0.2, 0) is 14.8 Å². The number of amides is 1. The zero-order valence-corrected chi connectivity index (χ0v) is 16.3. The minimum absolute atomic E-state index is 0.196. The van der Waals surface area contributed by atoms with Gasteiger partial charge in [-0.25, -0.2) is 13.1 Å². The van der Waals surface area contributed by atoms with Gasteiger partial charge in [-0.1, -0.05) is 19.1 Å². The molecule has 1 N–H and O–H groups in total. The van der Waals surface area contributed by atoms with Crippen molar-refractivity contribution in [3.63, 3.8) is 0 Å². The van der Waals surface area contributed by atoms with Gasteiger partial charge in [0.05, 0.1) is 23.7 Å². The normalized spacial score (nSPS) is 17.3. The Morgan fingerprint density at radius 2 is 2.04 bits per heavy atom. The van der Waals surface area contributed by atoms with Crippen molar-refractivity contribution in [1.29, 1.82) is 0 Å². The molecule has 1 atom stereocenters. The monoisotopic (exact) mass is 388 g/mol. The van der Waals surface area contributed by atoms with Crippen LogP contribution in [-0.4, -0.2) is 36.4 Å². The molecule has 1 aromatic carbocycles. The Bertz CT molecular complexity index is 932. The molecule has 0 saturated carbocycles. The van der Waals surface area contributed by atoms with Crippen LogP contribution in [0.2, 0.25) is 0 Å². The fourth-order valence-electron chi connectivity index (χ4n) is 2.96. The first-order valence-electron chi connectivity index (χ1n) is 9.04. The second-order valence-electron chi connectivity index (χ2n) is 6.57. The Kier molecular flexibility index (Phi) is 5.65. The molecule has 1 fully saturated rings. The summed E-state index contributed by atoms with van der Waals surface area (Å²) in [4.78, 5) is 12.2. The minimum atomic E-state index is -3.18. The molecule has 7 nitrogen and oxygen atoms in total. The lowest BCUT2D eigenvalue weighted by Gasteiger charge is -2.16. The molecule has 1 aliphatic rings. The van der Waals surface area contributed by atoms with Gasteiger partial charge in [-0.15, -0.1) is 0 Å². The standard InChI is InChI=1S/C19H24N4O3S/c1-3-15(2)23-18(11-12-20-23)21-19(24)10-7-16-5-8-17(9-6-16)22-13-4-14-27(22,25)26/h5-12,15H,3-4,13-14H2,1-2H3,(H,21,24)/b10-7+. The average molecular weight is 388 g/mol. The number of sulfonamides is 1. The van der Waals surface area contributed by atoms with E-state index in [0.29, 0.717) is 24.5 Å². The van der Waals surface area contributed by atoms with E-state index in [1.807, 2.05) is 6.92 Å². The molecule has 144 valence electrons. The first-order chi connectivity index (χ1) is 12.9. The number of rotatable bonds is 6. The number of aromatic nitrogens is 2. The van der Waals surface area contributed by atoms with E-state index < -0.39 is 10.0 Å². The van der Waals surface area contributed by atoms with Crippen molar-refractivity contribution in [2.45, 2.75) is 32.7 Å². The third kappa shape index (κ3) is 4.39. The quantitative estimate of drug-likeness (QED) is 0.771. The molecule has 1 saturated heterocycles. The molecule has 27 heavy (non-hydrogen) atoms. The van der Waals surface area contributed by atoms with Crippen molar-refractivity contribution in [3.05, 3.63) is 48.2 Å². The van der Waals surface area contributed by atoms with E-state index in [2.05, 4.69) is 17.3 Å². The highest BCUT2D eigenvalue weighted by Gasteiger charge is 2.28. The predicted molar refractivity (Wildman–Crippen MR) is 107 cm³/mol. The number of benzene rings is 1. The maximum atomic E-state index is 12.2. The molecule has 0 spiro atoms. The first-order valence-corrected chi connectivity index (χ1v) is 10.6. The molecule has 1 amide bonds. The smallest absolute Gasteiger partial charge is 0.249 e. The number of carbonyl (C=O) groups is 1. The van der Waals surface area contributed by atoms with Crippen LogP contribution in [0.4, 0.5) is 11.5 Å². The molecule has 0 aliphatic carbocycles. The van der Waals surface area contributed by atoms with Gasteiger partial charge in [0.25, 0.3) is 0 Å². The topological polar surface area (TPSA) is 84.3 Å². The summed E-state index contributed by atoms with van der Waals surface area (Å²) < 4.78 is 27.1. The average Bonchev–Trinajstić information content (AvgIpc) is 3.25. The second kappa shape index (κ2) is 7.96. The van der Waals surface area contributed by atoms with Gasteiger partial charge in [0.1, 0.15) is 5.82 Å². The van der Waals surface area contributed by atoms with Gasteiger partial charge in [0.2, 0.25) is 15.9 Å². The van der Waals surface area contributed by atoms with E-state index in [-0.39, 0.29) is 17.7 Å². The van der Waals surface area contributed by atoms with Gasteiger partial charge in [-0.2, -0.15) is 5.10 Å². The highest BCUT2D eigenvalue weighted by atomic mass is 32.2. The van der Waals surface area contributed by atoms with E-state index in [9.17, 15) is 13.2 Å². The summed E-state index contributed by atoms with van der Waals surface area (Å²) in [7, 11) is -3.18.